The largest absolute Gasteiger partial charge is 0.495 e. The molecular formula is C12H16ClNO2. The van der Waals surface area contributed by atoms with Crippen molar-refractivity contribution in [3.05, 3.63) is 28.3 Å². The molecule has 1 aromatic rings. The number of ether oxygens (including phenoxy) is 1. The van der Waals surface area contributed by atoms with E-state index in [-0.39, 0.29) is 0 Å². The normalized spacial score (nSPS) is 10.6. The van der Waals surface area contributed by atoms with Gasteiger partial charge in [0.05, 0.1) is 18.7 Å². The van der Waals surface area contributed by atoms with Crippen LogP contribution in [0.1, 0.15) is 11.1 Å². The summed E-state index contributed by atoms with van der Waals surface area (Å²) >= 11 is 6.05. The van der Waals surface area contributed by atoms with Crippen molar-refractivity contribution in [2.75, 3.05) is 20.7 Å². The monoisotopic (exact) mass is 241 g/mol. The quantitative estimate of drug-likeness (QED) is 0.741. The Hall–Kier alpha value is -1.06. The van der Waals surface area contributed by atoms with Gasteiger partial charge in [0.2, 0.25) is 0 Å². The topological polar surface area (TPSA) is 29.5 Å². The van der Waals surface area contributed by atoms with E-state index in [1.807, 2.05) is 31.0 Å². The lowest BCUT2D eigenvalue weighted by molar-refractivity contribution is -0.108. The standard InChI is InChI=1S/C12H16ClNO2/c1-9-6-12(16-3)11(13)7-10(9)8-14(2)4-5-15/h5-7H,4,8H2,1-3H3. The molecule has 16 heavy (non-hydrogen) atoms. The average molecular weight is 242 g/mol. The van der Waals surface area contributed by atoms with Crippen molar-refractivity contribution in [1.29, 1.82) is 0 Å². The second-order valence-electron chi connectivity index (χ2n) is 3.78. The number of rotatable bonds is 5. The summed E-state index contributed by atoms with van der Waals surface area (Å²) in [6.45, 7) is 3.13. The van der Waals surface area contributed by atoms with Crippen LogP contribution in [-0.4, -0.2) is 31.9 Å². The summed E-state index contributed by atoms with van der Waals surface area (Å²) < 4.78 is 5.13. The maximum atomic E-state index is 10.4. The average Bonchev–Trinajstić information content (AvgIpc) is 2.23. The van der Waals surface area contributed by atoms with Gasteiger partial charge in [0.15, 0.2) is 0 Å². The van der Waals surface area contributed by atoms with Crippen molar-refractivity contribution >= 4 is 17.9 Å². The van der Waals surface area contributed by atoms with E-state index in [1.54, 1.807) is 7.11 Å². The minimum atomic E-state index is 0.420. The first-order valence-corrected chi connectivity index (χ1v) is 5.41. The highest BCUT2D eigenvalue weighted by Crippen LogP contribution is 2.28. The van der Waals surface area contributed by atoms with Crippen LogP contribution in [0.5, 0.6) is 5.75 Å². The molecule has 0 saturated carbocycles. The van der Waals surface area contributed by atoms with E-state index >= 15 is 0 Å². The molecule has 0 aliphatic heterocycles. The van der Waals surface area contributed by atoms with E-state index in [2.05, 4.69) is 0 Å². The van der Waals surface area contributed by atoms with Gasteiger partial charge in [-0.05, 0) is 37.2 Å². The Kier molecular flexibility index (Phi) is 4.77. The highest BCUT2D eigenvalue weighted by atomic mass is 35.5. The fraction of sp³-hybridized carbons (Fsp3) is 0.417. The number of aldehydes is 1. The molecule has 4 heteroatoms. The second kappa shape index (κ2) is 5.87. The fourth-order valence-corrected chi connectivity index (χ4v) is 1.77. The third kappa shape index (κ3) is 3.22. The third-order valence-electron chi connectivity index (χ3n) is 2.44. The molecule has 0 bridgehead atoms. The molecule has 0 aliphatic rings. The first-order valence-electron chi connectivity index (χ1n) is 5.03. The molecule has 0 atom stereocenters. The lowest BCUT2D eigenvalue weighted by Crippen LogP contribution is -2.20. The minimum Gasteiger partial charge on any atom is -0.495 e. The fourth-order valence-electron chi connectivity index (χ4n) is 1.51. The Morgan fingerprint density at radius 1 is 1.50 bits per heavy atom. The van der Waals surface area contributed by atoms with E-state index in [4.69, 9.17) is 16.3 Å². The molecule has 88 valence electrons. The zero-order valence-electron chi connectivity index (χ0n) is 9.79. The number of carbonyl (C=O) groups is 1. The predicted octanol–water partition coefficient (Wildman–Crippen LogP) is 2.29. The summed E-state index contributed by atoms with van der Waals surface area (Å²) in [5.41, 5.74) is 2.22. The van der Waals surface area contributed by atoms with Crippen LogP contribution in [0, 0.1) is 6.92 Å². The molecule has 0 spiro atoms. The van der Waals surface area contributed by atoms with E-state index in [9.17, 15) is 4.79 Å². The van der Waals surface area contributed by atoms with Gasteiger partial charge in [0.1, 0.15) is 12.0 Å². The van der Waals surface area contributed by atoms with Crippen molar-refractivity contribution in [2.45, 2.75) is 13.5 Å². The summed E-state index contributed by atoms with van der Waals surface area (Å²) in [7, 11) is 3.49. The maximum Gasteiger partial charge on any atom is 0.137 e. The van der Waals surface area contributed by atoms with E-state index in [1.165, 1.54) is 0 Å². The lowest BCUT2D eigenvalue weighted by Gasteiger charge is -2.16. The van der Waals surface area contributed by atoms with Crippen molar-refractivity contribution in [2.24, 2.45) is 0 Å². The third-order valence-corrected chi connectivity index (χ3v) is 2.73. The van der Waals surface area contributed by atoms with Gasteiger partial charge < -0.3 is 9.53 Å². The number of hydrogen-bond donors (Lipinski definition) is 0. The zero-order chi connectivity index (χ0) is 12.1. The summed E-state index contributed by atoms with van der Waals surface area (Å²) in [4.78, 5) is 12.3. The molecular weight excluding hydrogens is 226 g/mol. The first-order chi connectivity index (χ1) is 7.58. The van der Waals surface area contributed by atoms with Crippen molar-refractivity contribution in [3.63, 3.8) is 0 Å². The summed E-state index contributed by atoms with van der Waals surface area (Å²) in [5.74, 6) is 0.681. The van der Waals surface area contributed by atoms with Crippen molar-refractivity contribution in [1.82, 2.24) is 4.90 Å². The number of carbonyl (C=O) groups excluding carboxylic acids is 1. The van der Waals surface area contributed by atoms with E-state index < -0.39 is 0 Å². The van der Waals surface area contributed by atoms with Gasteiger partial charge in [-0.3, -0.25) is 4.90 Å². The second-order valence-corrected chi connectivity index (χ2v) is 4.18. The Balaban J connectivity index is 2.88. The van der Waals surface area contributed by atoms with Crippen molar-refractivity contribution in [3.8, 4) is 5.75 Å². The van der Waals surface area contributed by atoms with Gasteiger partial charge >= 0.3 is 0 Å². The molecule has 0 N–H and O–H groups in total. The molecule has 1 rings (SSSR count). The van der Waals surface area contributed by atoms with Gasteiger partial charge in [-0.15, -0.1) is 0 Å². The molecule has 0 aromatic heterocycles. The highest BCUT2D eigenvalue weighted by molar-refractivity contribution is 6.32. The van der Waals surface area contributed by atoms with Crippen molar-refractivity contribution < 1.29 is 9.53 Å². The number of nitrogens with zero attached hydrogens (tertiary/aromatic N) is 1. The van der Waals surface area contributed by atoms with Crippen LogP contribution in [-0.2, 0) is 11.3 Å². The Morgan fingerprint density at radius 2 is 2.19 bits per heavy atom. The molecule has 0 fully saturated rings. The van der Waals surface area contributed by atoms with Crippen LogP contribution in [0.3, 0.4) is 0 Å². The summed E-state index contributed by atoms with van der Waals surface area (Å²) in [6.07, 6.45) is 0.889. The van der Waals surface area contributed by atoms with Crippen LogP contribution < -0.4 is 4.74 Å². The van der Waals surface area contributed by atoms with Crippen LogP contribution >= 0.6 is 11.6 Å². The smallest absolute Gasteiger partial charge is 0.137 e. The summed E-state index contributed by atoms with van der Waals surface area (Å²) in [5, 5.41) is 0.600. The lowest BCUT2D eigenvalue weighted by atomic mass is 10.1. The Morgan fingerprint density at radius 3 is 2.75 bits per heavy atom. The number of hydrogen-bond acceptors (Lipinski definition) is 3. The van der Waals surface area contributed by atoms with Gasteiger partial charge in [0.25, 0.3) is 0 Å². The Bertz CT molecular complexity index is 380. The number of halogens is 1. The minimum absolute atomic E-state index is 0.420. The van der Waals surface area contributed by atoms with Gasteiger partial charge in [-0.1, -0.05) is 11.6 Å². The SMILES string of the molecule is COc1cc(C)c(CN(C)CC=O)cc1Cl. The predicted molar refractivity (Wildman–Crippen MR) is 65.1 cm³/mol. The Labute approximate surface area is 101 Å². The van der Waals surface area contributed by atoms with Gasteiger partial charge in [-0.2, -0.15) is 0 Å². The zero-order valence-corrected chi connectivity index (χ0v) is 10.5. The van der Waals surface area contributed by atoms with E-state index in [0.29, 0.717) is 23.9 Å². The number of likely N-dealkylation sites (N-methyl/N-ethyl adjacent to an activating group) is 1. The molecule has 0 saturated heterocycles. The van der Waals surface area contributed by atoms with Crippen LogP contribution in [0.15, 0.2) is 12.1 Å². The molecule has 0 amide bonds. The highest BCUT2D eigenvalue weighted by Gasteiger charge is 2.08. The molecule has 1 aromatic carbocycles. The molecule has 0 radical (unpaired) electrons. The van der Waals surface area contributed by atoms with Gasteiger partial charge in [-0.25, -0.2) is 0 Å². The van der Waals surface area contributed by atoms with Crippen LogP contribution in [0.25, 0.3) is 0 Å². The number of methoxy groups -OCH3 is 1. The molecule has 3 nitrogen and oxygen atoms in total. The summed E-state index contributed by atoms with van der Waals surface area (Å²) in [6, 6.07) is 3.80. The molecule has 0 heterocycles. The molecule has 0 unspecified atom stereocenters. The number of benzene rings is 1. The first kappa shape index (κ1) is 13.0. The van der Waals surface area contributed by atoms with E-state index in [0.717, 1.165) is 17.4 Å². The molecule has 0 aliphatic carbocycles. The van der Waals surface area contributed by atoms with Crippen LogP contribution in [0.4, 0.5) is 0 Å². The number of aryl methyl sites for hydroxylation is 1. The van der Waals surface area contributed by atoms with Crippen LogP contribution in [0.2, 0.25) is 5.02 Å². The maximum absolute atomic E-state index is 10.4. The van der Waals surface area contributed by atoms with Gasteiger partial charge in [0, 0.05) is 6.54 Å².